The number of rotatable bonds is 24. The maximum absolute atomic E-state index is 6.55. The summed E-state index contributed by atoms with van der Waals surface area (Å²) in [5, 5.41) is 10.6. The molecule has 0 amide bonds. The largest absolute Gasteiger partial charge is 0.494 e. The van der Waals surface area contributed by atoms with Crippen LogP contribution in [-0.4, -0.2) is 42.8 Å². The predicted molar refractivity (Wildman–Crippen MR) is 263 cm³/mol. The summed E-state index contributed by atoms with van der Waals surface area (Å²) in [7, 11) is 0. The van der Waals surface area contributed by atoms with E-state index in [2.05, 4.69) is 135 Å². The van der Waals surface area contributed by atoms with Gasteiger partial charge in [-0.3, -0.25) is 0 Å². The van der Waals surface area contributed by atoms with Crippen LogP contribution in [0.15, 0.2) is 108 Å². The molecule has 1 heterocycles. The Hall–Kier alpha value is -4.37. The number of thiol groups is 1. The fourth-order valence-electron chi connectivity index (χ4n) is 8.25. The third-order valence-corrected chi connectivity index (χ3v) is 13.3. The topological polar surface area (TPSA) is 56.2 Å². The number of unbranched alkanes of at least 4 members (excludes halogenated alkanes) is 7. The van der Waals surface area contributed by atoms with Crippen LogP contribution < -0.4 is 14.5 Å². The summed E-state index contributed by atoms with van der Waals surface area (Å²) in [5.74, 6) is 3.20. The van der Waals surface area contributed by atoms with Gasteiger partial charge >= 0.3 is 0 Å². The van der Waals surface area contributed by atoms with Crippen LogP contribution in [0, 0.1) is 0 Å². The number of para-hydroxylation sites is 1. The first-order valence-electron chi connectivity index (χ1n) is 23.0. The van der Waals surface area contributed by atoms with E-state index in [1.54, 1.807) is 11.3 Å². The summed E-state index contributed by atoms with van der Waals surface area (Å²) in [4.78, 5) is 4.98. The van der Waals surface area contributed by atoms with E-state index < -0.39 is 0 Å². The molecule has 7 rings (SSSR count). The smallest absolute Gasteiger partial charge is 0.207 e. The highest BCUT2D eigenvalue weighted by molar-refractivity contribution is 7.80. The molecule has 0 N–H and O–H groups in total. The molecule has 0 saturated heterocycles. The van der Waals surface area contributed by atoms with Gasteiger partial charge in [-0.25, -0.2) is 9.99 Å². The number of ether oxygens (including phenoxy) is 3. The fourth-order valence-corrected chi connectivity index (χ4v) is 9.42. The zero-order valence-electron chi connectivity index (χ0n) is 36.4. The summed E-state index contributed by atoms with van der Waals surface area (Å²) in [5.41, 5.74) is 7.05. The minimum atomic E-state index is 0.267. The van der Waals surface area contributed by atoms with E-state index in [9.17, 15) is 0 Å². The third kappa shape index (κ3) is 13.1. The Balaban J connectivity index is 1.03. The quantitative estimate of drug-likeness (QED) is 0.0284. The zero-order chi connectivity index (χ0) is 42.1. The molecule has 5 aromatic carbocycles. The maximum atomic E-state index is 6.55. The third-order valence-electron chi connectivity index (χ3n) is 11.9. The van der Waals surface area contributed by atoms with Crippen LogP contribution in [0.25, 0.3) is 32.1 Å². The average Bonchev–Trinajstić information content (AvgIpc) is 3.74. The summed E-state index contributed by atoms with van der Waals surface area (Å²) >= 11 is 6.19. The SMILES string of the molecule is CCCCCCCCOc1ccc(-c2ccc(C3CCC(OCc4ccc5cc(OCCCC)ccc5c4)CC3)cc2/C=N/N(CCCCS)c2nc3ccccc3s2)cc1. The molecule has 1 aliphatic carbocycles. The van der Waals surface area contributed by atoms with Crippen molar-refractivity contribution in [3.63, 3.8) is 0 Å². The molecule has 1 saturated carbocycles. The average molecular weight is 856 g/mol. The molecular formula is C53H65N3O3S2. The van der Waals surface area contributed by atoms with Crippen molar-refractivity contribution in [2.75, 3.05) is 30.5 Å². The van der Waals surface area contributed by atoms with Crippen LogP contribution in [0.3, 0.4) is 0 Å². The van der Waals surface area contributed by atoms with Crippen LogP contribution in [0.1, 0.15) is 126 Å². The second-order valence-corrected chi connectivity index (χ2v) is 18.0. The van der Waals surface area contributed by atoms with Gasteiger partial charge in [0.2, 0.25) is 5.13 Å². The van der Waals surface area contributed by atoms with Crippen molar-refractivity contribution < 1.29 is 14.2 Å². The van der Waals surface area contributed by atoms with E-state index in [0.717, 1.165) is 117 Å². The fraction of sp³-hybridized carbons (Fsp3) is 0.434. The van der Waals surface area contributed by atoms with Crippen LogP contribution in [0.4, 0.5) is 5.13 Å². The lowest BCUT2D eigenvalue weighted by Crippen LogP contribution is -2.21. The standard InChI is InChI=1S/C53H65N3O3S2/c1-3-5-7-8-9-13-33-57-47-27-21-42(22-28-47)50-30-24-44(36-46(50)38-54-56(31-12-14-34-60)53-55-51-15-10-11-16-52(51)61-53)41-19-25-48(26-20-41)59-39-40-17-18-45-37-49(58-32-6-4-2)29-23-43(45)35-40/h10-11,15-18,21-24,27-30,35-38,41,48,60H,3-9,12-14,19-20,25-26,31-34,39H2,1-2H3/b54-38+. The van der Waals surface area contributed by atoms with Gasteiger partial charge in [-0.2, -0.15) is 17.7 Å². The Morgan fingerprint density at radius 3 is 2.28 bits per heavy atom. The molecule has 8 heteroatoms. The number of hydrogen-bond donors (Lipinski definition) is 1. The predicted octanol–water partition coefficient (Wildman–Crippen LogP) is 14.8. The monoisotopic (exact) mass is 855 g/mol. The van der Waals surface area contributed by atoms with Gasteiger partial charge in [0, 0.05) is 12.1 Å². The van der Waals surface area contributed by atoms with Gasteiger partial charge < -0.3 is 14.2 Å². The Kier molecular flexibility index (Phi) is 17.4. The van der Waals surface area contributed by atoms with Gasteiger partial charge in [-0.1, -0.05) is 118 Å². The maximum Gasteiger partial charge on any atom is 0.207 e. The van der Waals surface area contributed by atoms with E-state index in [4.69, 9.17) is 24.3 Å². The van der Waals surface area contributed by atoms with Crippen molar-refractivity contribution in [1.82, 2.24) is 4.98 Å². The minimum absolute atomic E-state index is 0.267. The van der Waals surface area contributed by atoms with E-state index >= 15 is 0 Å². The second-order valence-electron chi connectivity index (χ2n) is 16.6. The van der Waals surface area contributed by atoms with Crippen LogP contribution in [-0.2, 0) is 11.3 Å². The molecule has 0 unspecified atom stereocenters. The highest BCUT2D eigenvalue weighted by atomic mass is 32.1. The van der Waals surface area contributed by atoms with Crippen molar-refractivity contribution >= 4 is 56.3 Å². The summed E-state index contributed by atoms with van der Waals surface area (Å²) in [6, 6.07) is 37.0. The van der Waals surface area contributed by atoms with Gasteiger partial charge in [-0.05, 0) is 145 Å². The van der Waals surface area contributed by atoms with Crippen molar-refractivity contribution in [3.05, 3.63) is 120 Å². The molecule has 0 radical (unpaired) electrons. The number of fused-ring (bicyclic) bond motifs is 2. The Labute approximate surface area is 374 Å². The summed E-state index contributed by atoms with van der Waals surface area (Å²) in [6.45, 7) is 7.40. The van der Waals surface area contributed by atoms with Gasteiger partial charge in [0.05, 0.1) is 42.4 Å². The molecule has 6 aromatic rings. The van der Waals surface area contributed by atoms with E-state index in [0.29, 0.717) is 12.5 Å². The Morgan fingerprint density at radius 1 is 0.721 bits per heavy atom. The first-order chi connectivity index (χ1) is 30.1. The van der Waals surface area contributed by atoms with Gasteiger partial charge in [0.25, 0.3) is 0 Å². The first kappa shape index (κ1) is 44.7. The molecule has 1 aliphatic rings. The minimum Gasteiger partial charge on any atom is -0.494 e. The van der Waals surface area contributed by atoms with Crippen molar-refractivity contribution in [2.24, 2.45) is 5.10 Å². The van der Waals surface area contributed by atoms with Crippen LogP contribution in [0.2, 0.25) is 0 Å². The van der Waals surface area contributed by atoms with Crippen molar-refractivity contribution in [2.45, 2.75) is 122 Å². The molecule has 0 bridgehead atoms. The molecular weight excluding hydrogens is 791 g/mol. The normalized spacial score (nSPS) is 15.5. The lowest BCUT2D eigenvalue weighted by Gasteiger charge is -2.29. The molecule has 0 aliphatic heterocycles. The molecule has 6 nitrogen and oxygen atoms in total. The molecule has 61 heavy (non-hydrogen) atoms. The number of benzene rings is 5. The summed E-state index contributed by atoms with van der Waals surface area (Å²) in [6.07, 6.45) is 18.4. The van der Waals surface area contributed by atoms with Gasteiger partial charge in [0.1, 0.15) is 11.5 Å². The first-order valence-corrected chi connectivity index (χ1v) is 24.5. The molecule has 0 atom stereocenters. The summed E-state index contributed by atoms with van der Waals surface area (Å²) < 4.78 is 19.8. The van der Waals surface area contributed by atoms with E-state index in [-0.39, 0.29) is 6.10 Å². The number of nitrogens with zero attached hydrogens (tertiary/aromatic N) is 3. The lowest BCUT2D eigenvalue weighted by molar-refractivity contribution is 0.0134. The highest BCUT2D eigenvalue weighted by Gasteiger charge is 2.24. The van der Waals surface area contributed by atoms with E-state index in [1.807, 2.05) is 6.07 Å². The molecule has 322 valence electrons. The zero-order valence-corrected chi connectivity index (χ0v) is 38.1. The van der Waals surface area contributed by atoms with Crippen molar-refractivity contribution in [1.29, 1.82) is 0 Å². The van der Waals surface area contributed by atoms with Crippen molar-refractivity contribution in [3.8, 4) is 22.6 Å². The lowest BCUT2D eigenvalue weighted by atomic mass is 9.81. The van der Waals surface area contributed by atoms with Gasteiger partial charge in [0.15, 0.2) is 0 Å². The molecule has 0 spiro atoms. The Morgan fingerprint density at radius 2 is 1.46 bits per heavy atom. The second kappa shape index (κ2) is 23.7. The van der Waals surface area contributed by atoms with E-state index in [1.165, 1.54) is 64.3 Å². The highest BCUT2D eigenvalue weighted by Crippen LogP contribution is 2.37. The van der Waals surface area contributed by atoms with Gasteiger partial charge in [-0.15, -0.1) is 0 Å². The number of aromatic nitrogens is 1. The van der Waals surface area contributed by atoms with Crippen LogP contribution >= 0.6 is 24.0 Å². The molecule has 1 aromatic heterocycles. The number of anilines is 1. The number of hydrazone groups is 1. The Bertz CT molecular complexity index is 2230. The number of hydrogen-bond acceptors (Lipinski definition) is 8. The molecule has 1 fully saturated rings. The number of thiazole rings is 1. The van der Waals surface area contributed by atoms with Crippen LogP contribution in [0.5, 0.6) is 11.5 Å².